The predicted octanol–water partition coefficient (Wildman–Crippen LogP) is 5.10. The maximum absolute atomic E-state index is 14.5. The highest BCUT2D eigenvalue weighted by Crippen LogP contribution is 2.35. The number of amides is 1. The van der Waals surface area contributed by atoms with Crippen LogP contribution in [0, 0.1) is 5.82 Å². The number of nitrogen functional groups attached to an aromatic ring is 1. The molecular formula is C21H13ClF4N6O2. The summed E-state index contributed by atoms with van der Waals surface area (Å²) in [5, 5.41) is 5.90. The Balaban J connectivity index is 1.59. The number of rotatable bonds is 5. The van der Waals surface area contributed by atoms with Gasteiger partial charge in [-0.15, -0.1) is 0 Å². The number of carbonyl (C=O) groups is 1. The number of hydrogen-bond acceptors (Lipinski definition) is 6. The molecule has 4 aromatic rings. The van der Waals surface area contributed by atoms with Gasteiger partial charge in [-0.25, -0.2) is 14.1 Å². The molecule has 0 saturated carbocycles. The lowest BCUT2D eigenvalue weighted by Gasteiger charge is -2.13. The summed E-state index contributed by atoms with van der Waals surface area (Å²) in [5.41, 5.74) is 3.49. The Hall–Kier alpha value is -4.19. The van der Waals surface area contributed by atoms with Crippen molar-refractivity contribution in [3.05, 3.63) is 83.3 Å². The monoisotopic (exact) mass is 492 g/mol. The number of aromatic nitrogens is 4. The van der Waals surface area contributed by atoms with Crippen molar-refractivity contribution in [3.8, 4) is 17.2 Å². The lowest BCUT2D eigenvalue weighted by molar-refractivity contribution is -0.143. The Morgan fingerprint density at radius 2 is 1.82 bits per heavy atom. The third kappa shape index (κ3) is 4.62. The van der Waals surface area contributed by atoms with Gasteiger partial charge in [0.1, 0.15) is 10.8 Å². The second-order valence-electron chi connectivity index (χ2n) is 6.73. The number of halogens is 5. The van der Waals surface area contributed by atoms with Gasteiger partial charge in [-0.2, -0.15) is 18.3 Å². The van der Waals surface area contributed by atoms with Gasteiger partial charge in [-0.3, -0.25) is 9.78 Å². The van der Waals surface area contributed by atoms with E-state index >= 15 is 0 Å². The van der Waals surface area contributed by atoms with E-state index in [1.165, 1.54) is 48.9 Å². The molecule has 0 aliphatic carbocycles. The van der Waals surface area contributed by atoms with Crippen LogP contribution in [0.2, 0.25) is 5.02 Å². The summed E-state index contributed by atoms with van der Waals surface area (Å²) >= 11 is 5.97. The van der Waals surface area contributed by atoms with Gasteiger partial charge in [0, 0.05) is 36.4 Å². The van der Waals surface area contributed by atoms with Crippen molar-refractivity contribution < 1.29 is 27.1 Å². The molecule has 0 bridgehead atoms. The zero-order valence-corrected chi connectivity index (χ0v) is 17.6. The van der Waals surface area contributed by atoms with E-state index in [-0.39, 0.29) is 33.7 Å². The molecule has 0 saturated heterocycles. The highest BCUT2D eigenvalue weighted by Gasteiger charge is 2.40. The minimum absolute atomic E-state index is 0.0174. The number of nitrogens with two attached hydrogens (primary N) is 1. The van der Waals surface area contributed by atoms with Crippen molar-refractivity contribution >= 4 is 29.0 Å². The normalized spacial score (nSPS) is 11.3. The van der Waals surface area contributed by atoms with Crippen LogP contribution in [0.3, 0.4) is 0 Å². The molecule has 0 spiro atoms. The first kappa shape index (κ1) is 23.0. The molecule has 3 heterocycles. The van der Waals surface area contributed by atoms with E-state index in [4.69, 9.17) is 22.1 Å². The zero-order valence-electron chi connectivity index (χ0n) is 16.8. The average Bonchev–Trinajstić information content (AvgIpc) is 3.25. The molecule has 0 aliphatic rings. The van der Waals surface area contributed by atoms with Crippen molar-refractivity contribution in [2.75, 3.05) is 11.1 Å². The van der Waals surface area contributed by atoms with Crippen molar-refractivity contribution in [1.82, 2.24) is 19.7 Å². The van der Waals surface area contributed by atoms with Gasteiger partial charge in [0.15, 0.2) is 23.0 Å². The van der Waals surface area contributed by atoms with Crippen molar-refractivity contribution in [2.24, 2.45) is 0 Å². The Morgan fingerprint density at radius 3 is 2.50 bits per heavy atom. The molecule has 8 nitrogen and oxygen atoms in total. The molecule has 13 heteroatoms. The highest BCUT2D eigenvalue weighted by molar-refractivity contribution is 6.34. The minimum Gasteiger partial charge on any atom is -0.453 e. The summed E-state index contributed by atoms with van der Waals surface area (Å²) in [7, 11) is 0. The zero-order chi connectivity index (χ0) is 24.5. The Labute approximate surface area is 194 Å². The van der Waals surface area contributed by atoms with Gasteiger partial charge in [0.2, 0.25) is 0 Å². The third-order valence-electron chi connectivity index (χ3n) is 4.48. The first-order chi connectivity index (χ1) is 16.1. The lowest BCUT2D eigenvalue weighted by Crippen LogP contribution is -2.20. The molecule has 0 radical (unpaired) electrons. The Bertz CT molecular complexity index is 1360. The molecule has 0 atom stereocenters. The van der Waals surface area contributed by atoms with Crippen LogP contribution in [0.4, 0.5) is 29.1 Å². The molecule has 1 aromatic carbocycles. The van der Waals surface area contributed by atoms with Crippen LogP contribution >= 0.6 is 11.6 Å². The van der Waals surface area contributed by atoms with Gasteiger partial charge in [0.25, 0.3) is 5.91 Å². The molecule has 0 unspecified atom stereocenters. The van der Waals surface area contributed by atoms with Gasteiger partial charge < -0.3 is 15.8 Å². The highest BCUT2D eigenvalue weighted by atomic mass is 35.5. The van der Waals surface area contributed by atoms with Gasteiger partial charge in [-0.1, -0.05) is 11.6 Å². The van der Waals surface area contributed by atoms with Gasteiger partial charge in [-0.05, 0) is 24.3 Å². The first-order valence-corrected chi connectivity index (χ1v) is 9.77. The number of benzene rings is 1. The maximum Gasteiger partial charge on any atom is 0.434 e. The molecular weight excluding hydrogens is 480 g/mol. The minimum atomic E-state index is -4.90. The number of nitrogens with zero attached hydrogens (tertiary/aromatic N) is 4. The fourth-order valence-electron chi connectivity index (χ4n) is 2.97. The quantitative estimate of drug-likeness (QED) is 0.375. The number of hydrogen-bond donors (Lipinski definition) is 2. The molecule has 3 N–H and O–H groups in total. The standard InChI is InChI=1S/C21H13ClF4N6O2/c22-17-16(5-8-29-19(17)27)34-15-2-1-11(9-14(15)23)31-20(33)13-10-30-32(18(13)21(24,25)26)12-3-6-28-7-4-12/h1-10H,(H2,27,29)(H,31,33). The van der Waals surface area contributed by atoms with Gasteiger partial charge >= 0.3 is 6.18 Å². The smallest absolute Gasteiger partial charge is 0.434 e. The average molecular weight is 493 g/mol. The van der Waals surface area contributed by atoms with Gasteiger partial charge in [0.05, 0.1) is 17.4 Å². The van der Waals surface area contributed by atoms with Crippen molar-refractivity contribution in [2.45, 2.75) is 6.18 Å². The molecule has 0 fully saturated rings. The second-order valence-corrected chi connectivity index (χ2v) is 7.11. The van der Waals surface area contributed by atoms with Crippen LogP contribution in [-0.4, -0.2) is 25.7 Å². The van der Waals surface area contributed by atoms with Crippen LogP contribution in [-0.2, 0) is 6.18 Å². The predicted molar refractivity (Wildman–Crippen MR) is 114 cm³/mol. The Kier molecular flexibility index (Phi) is 6.07. The summed E-state index contributed by atoms with van der Waals surface area (Å²) in [4.78, 5) is 20.1. The summed E-state index contributed by atoms with van der Waals surface area (Å²) in [6.07, 6.45) is -0.232. The Morgan fingerprint density at radius 1 is 1.09 bits per heavy atom. The van der Waals surface area contributed by atoms with Crippen LogP contribution in [0.15, 0.2) is 61.2 Å². The largest absolute Gasteiger partial charge is 0.453 e. The number of alkyl halides is 3. The fraction of sp³-hybridized carbons (Fsp3) is 0.0476. The topological polar surface area (TPSA) is 108 Å². The molecule has 3 aromatic heterocycles. The van der Waals surface area contributed by atoms with E-state index in [2.05, 4.69) is 20.4 Å². The van der Waals surface area contributed by atoms with E-state index in [0.717, 1.165) is 12.3 Å². The fourth-order valence-corrected chi connectivity index (χ4v) is 3.12. The molecule has 0 aliphatic heterocycles. The summed E-state index contributed by atoms with van der Waals surface area (Å²) in [5.74, 6) is -2.27. The second kappa shape index (κ2) is 8.98. The molecule has 1 amide bonds. The van der Waals surface area contributed by atoms with Crippen LogP contribution in [0.25, 0.3) is 5.69 Å². The van der Waals surface area contributed by atoms with E-state index in [9.17, 15) is 22.4 Å². The van der Waals surface area contributed by atoms with E-state index in [1.54, 1.807) is 0 Å². The lowest BCUT2D eigenvalue weighted by atomic mass is 10.2. The van der Waals surface area contributed by atoms with E-state index in [0.29, 0.717) is 4.68 Å². The number of pyridine rings is 2. The molecule has 174 valence electrons. The third-order valence-corrected chi connectivity index (χ3v) is 4.86. The summed E-state index contributed by atoms with van der Waals surface area (Å²) in [6.45, 7) is 0. The molecule has 4 rings (SSSR count). The van der Waals surface area contributed by atoms with Crippen LogP contribution in [0.1, 0.15) is 16.1 Å². The number of nitrogens with one attached hydrogen (secondary N) is 1. The SMILES string of the molecule is Nc1nccc(Oc2ccc(NC(=O)c3cnn(-c4ccncc4)c3C(F)(F)F)cc2F)c1Cl. The van der Waals surface area contributed by atoms with E-state index < -0.39 is 29.2 Å². The first-order valence-electron chi connectivity index (χ1n) is 9.39. The summed E-state index contributed by atoms with van der Waals surface area (Å²) < 4.78 is 61.8. The number of carbonyl (C=O) groups excluding carboxylic acids is 1. The molecule has 34 heavy (non-hydrogen) atoms. The van der Waals surface area contributed by atoms with Crippen LogP contribution < -0.4 is 15.8 Å². The number of anilines is 2. The summed E-state index contributed by atoms with van der Waals surface area (Å²) in [6, 6.07) is 7.28. The van der Waals surface area contributed by atoms with Crippen LogP contribution in [0.5, 0.6) is 11.5 Å². The van der Waals surface area contributed by atoms with Crippen molar-refractivity contribution in [1.29, 1.82) is 0 Å². The maximum atomic E-state index is 14.5. The number of ether oxygens (including phenoxy) is 1. The van der Waals surface area contributed by atoms with Crippen molar-refractivity contribution in [3.63, 3.8) is 0 Å². The van der Waals surface area contributed by atoms with E-state index in [1.807, 2.05) is 0 Å².